The van der Waals surface area contributed by atoms with Crippen LogP contribution >= 0.6 is 11.6 Å². The Kier molecular flexibility index (Phi) is 4.09. The monoisotopic (exact) mass is 268 g/mol. The first-order chi connectivity index (χ1) is 8.56. The fraction of sp³-hybridized carbons (Fsp3) is 0.462. The van der Waals surface area contributed by atoms with Crippen molar-refractivity contribution in [3.05, 3.63) is 29.3 Å². The van der Waals surface area contributed by atoms with Gasteiger partial charge in [-0.2, -0.15) is 0 Å². The van der Waals surface area contributed by atoms with Gasteiger partial charge in [0.2, 0.25) is 0 Å². The molecule has 3 N–H and O–H groups in total. The van der Waals surface area contributed by atoms with Gasteiger partial charge >= 0.3 is 5.97 Å². The number of nitrogens with two attached hydrogens (primary N) is 1. The SMILES string of the molecule is NC(CC1CCN(c2ccc(Cl)cc2)C1)C(=O)O. The van der Waals surface area contributed by atoms with Gasteiger partial charge in [-0.1, -0.05) is 11.6 Å². The highest BCUT2D eigenvalue weighted by atomic mass is 35.5. The second-order valence-electron chi connectivity index (χ2n) is 4.76. The first-order valence-electron chi connectivity index (χ1n) is 6.05. The molecule has 1 fully saturated rings. The highest BCUT2D eigenvalue weighted by molar-refractivity contribution is 6.30. The average molecular weight is 269 g/mol. The third kappa shape index (κ3) is 3.15. The smallest absolute Gasteiger partial charge is 0.320 e. The zero-order valence-electron chi connectivity index (χ0n) is 10.1. The van der Waals surface area contributed by atoms with Gasteiger partial charge in [0.05, 0.1) is 0 Å². The summed E-state index contributed by atoms with van der Waals surface area (Å²) in [5.41, 5.74) is 6.70. The number of anilines is 1. The van der Waals surface area contributed by atoms with Gasteiger partial charge < -0.3 is 15.7 Å². The van der Waals surface area contributed by atoms with E-state index in [9.17, 15) is 4.79 Å². The van der Waals surface area contributed by atoms with Gasteiger partial charge in [-0.3, -0.25) is 4.79 Å². The fourth-order valence-corrected chi connectivity index (χ4v) is 2.50. The van der Waals surface area contributed by atoms with Crippen molar-refractivity contribution in [2.45, 2.75) is 18.9 Å². The summed E-state index contributed by atoms with van der Waals surface area (Å²) in [7, 11) is 0. The molecule has 0 aromatic heterocycles. The van der Waals surface area contributed by atoms with E-state index in [4.69, 9.17) is 22.4 Å². The molecule has 0 spiro atoms. The lowest BCUT2D eigenvalue weighted by Crippen LogP contribution is -2.33. The maximum Gasteiger partial charge on any atom is 0.320 e. The third-order valence-electron chi connectivity index (χ3n) is 3.38. The van der Waals surface area contributed by atoms with Crippen molar-refractivity contribution in [3.8, 4) is 0 Å². The number of rotatable bonds is 4. The third-order valence-corrected chi connectivity index (χ3v) is 3.63. The molecule has 4 nitrogen and oxygen atoms in total. The van der Waals surface area contributed by atoms with Crippen molar-refractivity contribution in [1.29, 1.82) is 0 Å². The molecule has 5 heteroatoms. The largest absolute Gasteiger partial charge is 0.480 e. The van der Waals surface area contributed by atoms with Crippen LogP contribution < -0.4 is 10.6 Å². The maximum atomic E-state index is 10.7. The second-order valence-corrected chi connectivity index (χ2v) is 5.19. The van der Waals surface area contributed by atoms with Crippen molar-refractivity contribution in [2.75, 3.05) is 18.0 Å². The van der Waals surface area contributed by atoms with Crippen LogP contribution in [-0.2, 0) is 4.79 Å². The Morgan fingerprint density at radius 1 is 1.50 bits per heavy atom. The Morgan fingerprint density at radius 2 is 2.17 bits per heavy atom. The minimum Gasteiger partial charge on any atom is -0.480 e. The van der Waals surface area contributed by atoms with Gasteiger partial charge in [0.15, 0.2) is 0 Å². The topological polar surface area (TPSA) is 66.6 Å². The van der Waals surface area contributed by atoms with E-state index in [0.29, 0.717) is 12.3 Å². The van der Waals surface area contributed by atoms with Crippen LogP contribution in [0, 0.1) is 5.92 Å². The number of hydrogen-bond donors (Lipinski definition) is 2. The molecule has 0 bridgehead atoms. The molecular formula is C13H17ClN2O2. The Balaban J connectivity index is 1.92. The van der Waals surface area contributed by atoms with E-state index in [1.54, 1.807) is 0 Å². The molecule has 2 rings (SSSR count). The minimum absolute atomic E-state index is 0.353. The number of carbonyl (C=O) groups is 1. The van der Waals surface area contributed by atoms with Crippen molar-refractivity contribution >= 4 is 23.3 Å². The first kappa shape index (κ1) is 13.2. The van der Waals surface area contributed by atoms with E-state index < -0.39 is 12.0 Å². The summed E-state index contributed by atoms with van der Waals surface area (Å²) >= 11 is 5.85. The zero-order valence-corrected chi connectivity index (χ0v) is 10.8. The Labute approximate surface area is 111 Å². The van der Waals surface area contributed by atoms with E-state index >= 15 is 0 Å². The van der Waals surface area contributed by atoms with E-state index in [0.717, 1.165) is 30.2 Å². The van der Waals surface area contributed by atoms with Crippen LogP contribution in [0.5, 0.6) is 0 Å². The molecule has 1 aliphatic heterocycles. The van der Waals surface area contributed by atoms with Crippen LogP contribution in [0.2, 0.25) is 5.02 Å². The minimum atomic E-state index is -0.917. The molecule has 0 aliphatic carbocycles. The zero-order chi connectivity index (χ0) is 13.1. The number of halogens is 1. The average Bonchev–Trinajstić information content (AvgIpc) is 2.78. The molecular weight excluding hydrogens is 252 g/mol. The normalized spacial score (nSPS) is 21.0. The molecule has 1 heterocycles. The lowest BCUT2D eigenvalue weighted by atomic mass is 10.00. The summed E-state index contributed by atoms with van der Waals surface area (Å²) in [5, 5.41) is 9.53. The van der Waals surface area contributed by atoms with E-state index in [1.807, 2.05) is 24.3 Å². The second kappa shape index (κ2) is 5.59. The van der Waals surface area contributed by atoms with Crippen LogP contribution in [0.4, 0.5) is 5.69 Å². The van der Waals surface area contributed by atoms with Gasteiger partial charge in [-0.15, -0.1) is 0 Å². The summed E-state index contributed by atoms with van der Waals surface area (Å²) in [6, 6.07) is 6.96. The summed E-state index contributed by atoms with van der Waals surface area (Å²) in [5.74, 6) is -0.563. The first-order valence-corrected chi connectivity index (χ1v) is 6.43. The molecule has 98 valence electrons. The van der Waals surface area contributed by atoms with Crippen LogP contribution in [0.3, 0.4) is 0 Å². The molecule has 0 radical (unpaired) electrons. The Morgan fingerprint density at radius 3 is 2.78 bits per heavy atom. The Bertz CT molecular complexity index is 422. The van der Waals surface area contributed by atoms with Gasteiger partial charge in [0.1, 0.15) is 6.04 Å². The van der Waals surface area contributed by atoms with Crippen LogP contribution in [0.25, 0.3) is 0 Å². The molecule has 1 aromatic rings. The van der Waals surface area contributed by atoms with Gasteiger partial charge in [-0.05, 0) is 43.0 Å². The number of carboxylic acid groups (broad SMARTS) is 1. The van der Waals surface area contributed by atoms with Crippen LogP contribution in [0.1, 0.15) is 12.8 Å². The number of benzene rings is 1. The molecule has 0 amide bonds. The number of nitrogens with zero attached hydrogens (tertiary/aromatic N) is 1. The molecule has 18 heavy (non-hydrogen) atoms. The number of carboxylic acids is 1. The lowest BCUT2D eigenvalue weighted by molar-refractivity contribution is -0.138. The number of aliphatic carboxylic acids is 1. The predicted octanol–water partition coefficient (Wildman–Crippen LogP) is 1.97. The van der Waals surface area contributed by atoms with E-state index in [1.165, 1.54) is 0 Å². The molecule has 2 unspecified atom stereocenters. The summed E-state index contributed by atoms with van der Waals surface area (Å²) in [6.45, 7) is 1.81. The number of hydrogen-bond acceptors (Lipinski definition) is 3. The van der Waals surface area contributed by atoms with E-state index in [2.05, 4.69) is 4.90 Å². The summed E-state index contributed by atoms with van der Waals surface area (Å²) in [4.78, 5) is 13.0. The van der Waals surface area contributed by atoms with E-state index in [-0.39, 0.29) is 0 Å². The van der Waals surface area contributed by atoms with Crippen LogP contribution in [-0.4, -0.2) is 30.2 Å². The highest BCUT2D eigenvalue weighted by Crippen LogP contribution is 2.27. The fourth-order valence-electron chi connectivity index (χ4n) is 2.37. The molecule has 2 atom stereocenters. The standard InChI is InChI=1S/C13H17ClN2O2/c14-10-1-3-11(4-2-10)16-6-5-9(8-16)7-12(15)13(17)18/h1-4,9,12H,5-8,15H2,(H,17,18). The van der Waals surface area contributed by atoms with Gasteiger partial charge in [0, 0.05) is 23.8 Å². The molecule has 1 aromatic carbocycles. The summed E-state index contributed by atoms with van der Waals surface area (Å²) < 4.78 is 0. The van der Waals surface area contributed by atoms with Gasteiger partial charge in [0.25, 0.3) is 0 Å². The predicted molar refractivity (Wildman–Crippen MR) is 72.0 cm³/mol. The molecule has 1 aliphatic rings. The van der Waals surface area contributed by atoms with Crippen molar-refractivity contribution in [3.63, 3.8) is 0 Å². The van der Waals surface area contributed by atoms with Crippen molar-refractivity contribution in [2.24, 2.45) is 11.7 Å². The van der Waals surface area contributed by atoms with Crippen molar-refractivity contribution in [1.82, 2.24) is 0 Å². The summed E-state index contributed by atoms with van der Waals surface area (Å²) in [6.07, 6.45) is 1.53. The highest BCUT2D eigenvalue weighted by Gasteiger charge is 2.26. The lowest BCUT2D eigenvalue weighted by Gasteiger charge is -2.19. The Hall–Kier alpha value is -1.26. The molecule has 0 saturated carbocycles. The van der Waals surface area contributed by atoms with Gasteiger partial charge in [-0.25, -0.2) is 0 Å². The maximum absolute atomic E-state index is 10.7. The van der Waals surface area contributed by atoms with Crippen molar-refractivity contribution < 1.29 is 9.90 Å². The molecule has 1 saturated heterocycles. The van der Waals surface area contributed by atoms with Crippen LogP contribution in [0.15, 0.2) is 24.3 Å². The quantitative estimate of drug-likeness (QED) is 0.876.